The Morgan fingerprint density at radius 2 is 2.22 bits per heavy atom. The molecule has 0 saturated carbocycles. The molecule has 0 aliphatic carbocycles. The lowest BCUT2D eigenvalue weighted by molar-refractivity contribution is 0.0192. The van der Waals surface area contributed by atoms with Crippen LogP contribution in [0.4, 0.5) is 10.5 Å². The van der Waals surface area contributed by atoms with Gasteiger partial charge in [-0.1, -0.05) is 15.9 Å². The molecule has 2 N–H and O–H groups in total. The van der Waals surface area contributed by atoms with Gasteiger partial charge in [-0.05, 0) is 51.0 Å². The van der Waals surface area contributed by atoms with E-state index in [1.165, 1.54) is 0 Å². The quantitative estimate of drug-likeness (QED) is 0.779. The van der Waals surface area contributed by atoms with Crippen LogP contribution in [0.15, 0.2) is 22.7 Å². The summed E-state index contributed by atoms with van der Waals surface area (Å²) in [7, 11) is 0. The zero-order valence-electron chi connectivity index (χ0n) is 13.7. The lowest BCUT2D eigenvalue weighted by Gasteiger charge is -2.39. The number of anilines is 1. The van der Waals surface area contributed by atoms with Crippen LogP contribution in [-0.2, 0) is 4.74 Å². The third-order valence-corrected chi connectivity index (χ3v) is 4.95. The van der Waals surface area contributed by atoms with Crippen LogP contribution < -0.4 is 5.32 Å². The van der Waals surface area contributed by atoms with Crippen LogP contribution in [0.1, 0.15) is 38.8 Å². The van der Waals surface area contributed by atoms with Gasteiger partial charge in [-0.3, -0.25) is 0 Å². The van der Waals surface area contributed by atoms with Gasteiger partial charge in [0.25, 0.3) is 0 Å². The fourth-order valence-corrected chi connectivity index (χ4v) is 3.94. The lowest BCUT2D eigenvalue weighted by atomic mass is 9.83. The van der Waals surface area contributed by atoms with Crippen molar-refractivity contribution in [3.63, 3.8) is 0 Å². The maximum Gasteiger partial charge on any atom is 0.410 e. The first-order chi connectivity index (χ1) is 10.8. The van der Waals surface area contributed by atoms with Crippen LogP contribution in [0.25, 0.3) is 0 Å². The van der Waals surface area contributed by atoms with Crippen molar-refractivity contribution in [2.75, 3.05) is 18.5 Å². The van der Waals surface area contributed by atoms with Gasteiger partial charge in [0.2, 0.25) is 0 Å². The van der Waals surface area contributed by atoms with Crippen LogP contribution in [0.3, 0.4) is 0 Å². The molecule has 1 amide bonds. The number of benzene rings is 1. The predicted molar refractivity (Wildman–Crippen MR) is 92.4 cm³/mol. The van der Waals surface area contributed by atoms with Crippen LogP contribution in [0.2, 0.25) is 0 Å². The number of halogens is 1. The molecule has 0 bridgehead atoms. The second-order valence-corrected chi connectivity index (χ2v) is 8.15. The van der Waals surface area contributed by atoms with E-state index in [2.05, 4.69) is 27.3 Å². The van der Waals surface area contributed by atoms with E-state index in [9.17, 15) is 9.90 Å². The van der Waals surface area contributed by atoms with Gasteiger partial charge in [0, 0.05) is 22.6 Å². The van der Waals surface area contributed by atoms with Crippen LogP contribution in [0, 0.1) is 5.92 Å². The predicted octanol–water partition coefficient (Wildman–Crippen LogP) is 3.53. The molecule has 0 radical (unpaired) electrons. The third-order valence-electron chi connectivity index (χ3n) is 4.46. The Bertz CT molecular complexity index is 614. The van der Waals surface area contributed by atoms with E-state index in [1.807, 2.05) is 37.8 Å². The van der Waals surface area contributed by atoms with E-state index in [0.29, 0.717) is 6.54 Å². The number of ether oxygens (including phenoxy) is 1. The molecule has 23 heavy (non-hydrogen) atoms. The molecule has 126 valence electrons. The number of amides is 1. The Labute approximate surface area is 145 Å². The van der Waals surface area contributed by atoms with Crippen molar-refractivity contribution in [3.8, 4) is 0 Å². The standard InChI is InChI=1S/C17H23BrN2O3/c1-17(2,3)23-16(22)20-7-6-11-14(9-21)19-13-5-4-10(18)8-12(13)15(11)20/h4-5,8,11,14-15,19,21H,6-7,9H2,1-3H3/t11-,14+,15-/m1/s1. The maximum atomic E-state index is 12.6. The molecule has 5 nitrogen and oxygen atoms in total. The molecule has 2 heterocycles. The highest BCUT2D eigenvalue weighted by molar-refractivity contribution is 9.10. The highest BCUT2D eigenvalue weighted by atomic mass is 79.9. The topological polar surface area (TPSA) is 61.8 Å². The van der Waals surface area contributed by atoms with Crippen molar-refractivity contribution in [3.05, 3.63) is 28.2 Å². The summed E-state index contributed by atoms with van der Waals surface area (Å²) in [5.41, 5.74) is 1.54. The fraction of sp³-hybridized carbons (Fsp3) is 0.588. The van der Waals surface area contributed by atoms with Crippen molar-refractivity contribution in [1.82, 2.24) is 4.90 Å². The molecule has 2 aliphatic heterocycles. The zero-order chi connectivity index (χ0) is 16.8. The third kappa shape index (κ3) is 3.19. The molecular weight excluding hydrogens is 360 g/mol. The zero-order valence-corrected chi connectivity index (χ0v) is 15.3. The number of hydrogen-bond acceptors (Lipinski definition) is 4. The number of aliphatic hydroxyl groups excluding tert-OH is 1. The fourth-order valence-electron chi connectivity index (χ4n) is 3.56. The Morgan fingerprint density at radius 3 is 2.87 bits per heavy atom. The Kier molecular flexibility index (Phi) is 4.31. The van der Waals surface area contributed by atoms with Gasteiger partial charge >= 0.3 is 6.09 Å². The SMILES string of the molecule is CC(C)(C)OC(=O)N1CC[C@@H]2[C@H](CO)Nc3ccc(Br)cc3[C@@H]21. The molecular formula is C17H23BrN2O3. The molecule has 1 aromatic rings. The molecule has 0 unspecified atom stereocenters. The summed E-state index contributed by atoms with van der Waals surface area (Å²) in [5.74, 6) is 0.189. The second kappa shape index (κ2) is 5.98. The number of hydrogen-bond donors (Lipinski definition) is 2. The average molecular weight is 383 g/mol. The number of carbonyl (C=O) groups is 1. The molecule has 3 rings (SSSR count). The summed E-state index contributed by atoms with van der Waals surface area (Å²) in [6.45, 7) is 6.33. The summed E-state index contributed by atoms with van der Waals surface area (Å²) in [5, 5.41) is 13.1. The Hall–Kier alpha value is -1.27. The molecule has 1 fully saturated rings. The van der Waals surface area contributed by atoms with E-state index < -0.39 is 5.60 Å². The highest BCUT2D eigenvalue weighted by Crippen LogP contribution is 2.47. The Morgan fingerprint density at radius 1 is 1.48 bits per heavy atom. The largest absolute Gasteiger partial charge is 0.444 e. The van der Waals surface area contributed by atoms with Crippen molar-refractivity contribution in [1.29, 1.82) is 0 Å². The monoisotopic (exact) mass is 382 g/mol. The minimum Gasteiger partial charge on any atom is -0.444 e. The smallest absolute Gasteiger partial charge is 0.410 e. The number of aliphatic hydroxyl groups is 1. The average Bonchev–Trinajstić information content (AvgIpc) is 2.90. The summed E-state index contributed by atoms with van der Waals surface area (Å²) < 4.78 is 6.56. The van der Waals surface area contributed by atoms with Gasteiger partial charge in [-0.25, -0.2) is 4.79 Å². The summed E-state index contributed by atoms with van der Waals surface area (Å²) in [6, 6.07) is 5.91. The number of nitrogens with zero attached hydrogens (tertiary/aromatic N) is 1. The molecule has 0 aromatic heterocycles. The van der Waals surface area contributed by atoms with Crippen LogP contribution in [-0.4, -0.2) is 40.9 Å². The minimum absolute atomic E-state index is 0.0406. The lowest BCUT2D eigenvalue weighted by Crippen LogP contribution is -2.44. The first kappa shape index (κ1) is 16.6. The highest BCUT2D eigenvalue weighted by Gasteiger charge is 2.46. The van der Waals surface area contributed by atoms with Gasteiger partial charge in [0.05, 0.1) is 18.7 Å². The van der Waals surface area contributed by atoms with Gasteiger partial charge in [0.1, 0.15) is 5.60 Å². The first-order valence-electron chi connectivity index (χ1n) is 7.96. The summed E-state index contributed by atoms with van der Waals surface area (Å²) in [6.07, 6.45) is 0.572. The van der Waals surface area contributed by atoms with E-state index in [-0.39, 0.29) is 30.7 Å². The summed E-state index contributed by atoms with van der Waals surface area (Å²) >= 11 is 3.51. The van der Waals surface area contributed by atoms with Gasteiger partial charge in [0.15, 0.2) is 0 Å². The van der Waals surface area contributed by atoms with Crippen molar-refractivity contribution >= 4 is 27.7 Å². The first-order valence-corrected chi connectivity index (χ1v) is 8.76. The molecule has 3 atom stereocenters. The van der Waals surface area contributed by atoms with Crippen LogP contribution >= 0.6 is 15.9 Å². The van der Waals surface area contributed by atoms with Crippen LogP contribution in [0.5, 0.6) is 0 Å². The summed E-state index contributed by atoms with van der Waals surface area (Å²) in [4.78, 5) is 14.4. The van der Waals surface area contributed by atoms with Crippen molar-refractivity contribution in [2.24, 2.45) is 5.92 Å². The van der Waals surface area contributed by atoms with E-state index >= 15 is 0 Å². The maximum absolute atomic E-state index is 12.6. The van der Waals surface area contributed by atoms with Crippen molar-refractivity contribution in [2.45, 2.75) is 44.9 Å². The van der Waals surface area contributed by atoms with E-state index in [0.717, 1.165) is 22.1 Å². The molecule has 1 aromatic carbocycles. The minimum atomic E-state index is -0.515. The molecule has 0 spiro atoms. The van der Waals surface area contributed by atoms with Gasteiger partial charge < -0.3 is 20.1 Å². The second-order valence-electron chi connectivity index (χ2n) is 7.24. The Balaban J connectivity index is 1.96. The van der Waals surface area contributed by atoms with E-state index in [4.69, 9.17) is 4.74 Å². The number of nitrogens with one attached hydrogen (secondary N) is 1. The number of likely N-dealkylation sites (tertiary alicyclic amines) is 1. The van der Waals surface area contributed by atoms with Gasteiger partial charge in [-0.15, -0.1) is 0 Å². The van der Waals surface area contributed by atoms with Gasteiger partial charge in [-0.2, -0.15) is 0 Å². The number of carbonyl (C=O) groups excluding carboxylic acids is 1. The normalized spacial score (nSPS) is 26.3. The molecule has 6 heteroatoms. The van der Waals surface area contributed by atoms with Crippen molar-refractivity contribution < 1.29 is 14.6 Å². The molecule has 1 saturated heterocycles. The van der Waals surface area contributed by atoms with E-state index in [1.54, 1.807) is 0 Å². The number of fused-ring (bicyclic) bond motifs is 3. The number of rotatable bonds is 1. The molecule has 2 aliphatic rings.